The van der Waals surface area contributed by atoms with Crippen LogP contribution in [0.4, 0.5) is 0 Å². The van der Waals surface area contributed by atoms with Gasteiger partial charge in [-0.15, -0.1) is 0 Å². The summed E-state index contributed by atoms with van der Waals surface area (Å²) in [6.07, 6.45) is 0.983. The fourth-order valence-corrected chi connectivity index (χ4v) is 1.46. The second kappa shape index (κ2) is 8.53. The molecule has 0 aliphatic rings. The Morgan fingerprint density at radius 3 is 2.38 bits per heavy atom. The molecule has 0 aliphatic carbocycles. The third-order valence-corrected chi connectivity index (χ3v) is 2.46. The Labute approximate surface area is 99.8 Å². The van der Waals surface area contributed by atoms with Gasteiger partial charge < -0.3 is 15.5 Å². The standard InChI is InChI=1S/C12H27N3O/c1-6-7-13-12(16)8-14-11(10(2)3)9-15(4)5/h10-11,14H,6-9H2,1-5H3,(H,13,16). The van der Waals surface area contributed by atoms with Crippen molar-refractivity contribution in [3.63, 3.8) is 0 Å². The predicted octanol–water partition coefficient (Wildman–Crippen LogP) is 0.688. The van der Waals surface area contributed by atoms with Crippen LogP contribution in [0.25, 0.3) is 0 Å². The Morgan fingerprint density at radius 2 is 1.94 bits per heavy atom. The maximum atomic E-state index is 11.4. The van der Waals surface area contributed by atoms with Gasteiger partial charge in [-0.2, -0.15) is 0 Å². The zero-order valence-corrected chi connectivity index (χ0v) is 11.3. The molecule has 0 aromatic heterocycles. The highest BCUT2D eigenvalue weighted by atomic mass is 16.1. The minimum Gasteiger partial charge on any atom is -0.355 e. The molecule has 0 aromatic carbocycles. The van der Waals surface area contributed by atoms with Gasteiger partial charge in [-0.3, -0.25) is 4.79 Å². The van der Waals surface area contributed by atoms with Gasteiger partial charge in [0.1, 0.15) is 0 Å². The van der Waals surface area contributed by atoms with E-state index < -0.39 is 0 Å². The van der Waals surface area contributed by atoms with Crippen LogP contribution in [0.2, 0.25) is 0 Å². The van der Waals surface area contributed by atoms with Gasteiger partial charge in [0, 0.05) is 19.1 Å². The average molecular weight is 229 g/mol. The van der Waals surface area contributed by atoms with Crippen LogP contribution >= 0.6 is 0 Å². The molecule has 0 saturated heterocycles. The molecule has 0 aromatic rings. The molecule has 16 heavy (non-hydrogen) atoms. The van der Waals surface area contributed by atoms with Crippen LogP contribution < -0.4 is 10.6 Å². The summed E-state index contributed by atoms with van der Waals surface area (Å²) in [5.74, 6) is 0.618. The highest BCUT2D eigenvalue weighted by molar-refractivity contribution is 5.77. The van der Waals surface area contributed by atoms with E-state index in [0.717, 1.165) is 19.5 Å². The third kappa shape index (κ3) is 7.65. The minimum atomic E-state index is 0.0891. The van der Waals surface area contributed by atoms with Crippen molar-refractivity contribution in [1.29, 1.82) is 0 Å². The van der Waals surface area contributed by atoms with Crippen molar-refractivity contribution in [3.05, 3.63) is 0 Å². The van der Waals surface area contributed by atoms with Crippen molar-refractivity contribution >= 4 is 5.91 Å². The summed E-state index contributed by atoms with van der Waals surface area (Å²) in [6.45, 7) is 8.53. The highest BCUT2D eigenvalue weighted by Crippen LogP contribution is 2.01. The first-order valence-electron chi connectivity index (χ1n) is 6.12. The van der Waals surface area contributed by atoms with E-state index >= 15 is 0 Å². The van der Waals surface area contributed by atoms with Crippen molar-refractivity contribution in [2.45, 2.75) is 33.2 Å². The van der Waals surface area contributed by atoms with E-state index in [-0.39, 0.29) is 5.91 Å². The predicted molar refractivity (Wildman–Crippen MR) is 68.5 cm³/mol. The van der Waals surface area contributed by atoms with Crippen LogP contribution in [0.5, 0.6) is 0 Å². The van der Waals surface area contributed by atoms with E-state index in [1.54, 1.807) is 0 Å². The van der Waals surface area contributed by atoms with Crippen LogP contribution in [0.1, 0.15) is 27.2 Å². The van der Waals surface area contributed by atoms with Crippen LogP contribution in [0, 0.1) is 5.92 Å². The first kappa shape index (κ1) is 15.4. The molecule has 0 saturated carbocycles. The molecule has 1 atom stereocenters. The number of likely N-dealkylation sites (N-methyl/N-ethyl adjacent to an activating group) is 1. The molecular weight excluding hydrogens is 202 g/mol. The lowest BCUT2D eigenvalue weighted by atomic mass is 10.0. The second-order valence-electron chi connectivity index (χ2n) is 4.84. The Kier molecular flexibility index (Phi) is 8.21. The number of hydrogen-bond acceptors (Lipinski definition) is 3. The average Bonchev–Trinajstić information content (AvgIpc) is 2.20. The molecular formula is C12H27N3O. The van der Waals surface area contributed by atoms with E-state index in [1.807, 2.05) is 14.1 Å². The zero-order chi connectivity index (χ0) is 12.6. The first-order valence-corrected chi connectivity index (χ1v) is 6.12. The van der Waals surface area contributed by atoms with E-state index in [2.05, 4.69) is 36.3 Å². The molecule has 1 amide bonds. The normalized spacial score (nSPS) is 13.2. The topological polar surface area (TPSA) is 44.4 Å². The lowest BCUT2D eigenvalue weighted by Crippen LogP contribution is -2.46. The number of carbonyl (C=O) groups excluding carboxylic acids is 1. The van der Waals surface area contributed by atoms with Crippen LogP contribution in [-0.4, -0.2) is 50.6 Å². The Bertz CT molecular complexity index is 193. The molecule has 0 radical (unpaired) electrons. The maximum Gasteiger partial charge on any atom is 0.233 e. The van der Waals surface area contributed by atoms with Crippen molar-refractivity contribution in [1.82, 2.24) is 15.5 Å². The fraction of sp³-hybridized carbons (Fsp3) is 0.917. The molecule has 0 bridgehead atoms. The Balaban J connectivity index is 3.87. The van der Waals surface area contributed by atoms with Crippen molar-refractivity contribution < 1.29 is 4.79 Å². The van der Waals surface area contributed by atoms with Crippen LogP contribution in [-0.2, 0) is 4.79 Å². The van der Waals surface area contributed by atoms with Gasteiger partial charge in [0.15, 0.2) is 0 Å². The monoisotopic (exact) mass is 229 g/mol. The third-order valence-electron chi connectivity index (χ3n) is 2.46. The summed E-state index contributed by atoms with van der Waals surface area (Å²) in [6, 6.07) is 0.363. The van der Waals surface area contributed by atoms with Crippen molar-refractivity contribution in [2.24, 2.45) is 5.92 Å². The molecule has 0 spiro atoms. The van der Waals surface area contributed by atoms with Crippen LogP contribution in [0.3, 0.4) is 0 Å². The summed E-state index contributed by atoms with van der Waals surface area (Å²) in [5, 5.41) is 6.17. The molecule has 1 unspecified atom stereocenters. The summed E-state index contributed by atoms with van der Waals surface area (Å²) in [5.41, 5.74) is 0. The maximum absolute atomic E-state index is 11.4. The lowest BCUT2D eigenvalue weighted by Gasteiger charge is -2.25. The van der Waals surface area contributed by atoms with Gasteiger partial charge in [0.25, 0.3) is 0 Å². The summed E-state index contributed by atoms with van der Waals surface area (Å²) in [4.78, 5) is 13.6. The van der Waals surface area contributed by atoms with Crippen molar-refractivity contribution in [2.75, 3.05) is 33.7 Å². The number of hydrogen-bond donors (Lipinski definition) is 2. The molecule has 0 aliphatic heterocycles. The largest absolute Gasteiger partial charge is 0.355 e. The van der Waals surface area contributed by atoms with Gasteiger partial charge in [0.2, 0.25) is 5.91 Å². The smallest absolute Gasteiger partial charge is 0.233 e. The van der Waals surface area contributed by atoms with Crippen molar-refractivity contribution in [3.8, 4) is 0 Å². The quantitative estimate of drug-likeness (QED) is 0.643. The van der Waals surface area contributed by atoms with E-state index in [4.69, 9.17) is 0 Å². The van der Waals surface area contributed by atoms with Gasteiger partial charge in [-0.25, -0.2) is 0 Å². The number of rotatable bonds is 8. The molecule has 0 heterocycles. The molecule has 0 rings (SSSR count). The zero-order valence-electron chi connectivity index (χ0n) is 11.3. The summed E-state index contributed by atoms with van der Waals surface area (Å²) < 4.78 is 0. The summed E-state index contributed by atoms with van der Waals surface area (Å²) in [7, 11) is 4.10. The first-order chi connectivity index (χ1) is 7.47. The molecule has 2 N–H and O–H groups in total. The minimum absolute atomic E-state index is 0.0891. The number of nitrogens with zero attached hydrogens (tertiary/aromatic N) is 1. The van der Waals surface area contributed by atoms with Crippen LogP contribution in [0.15, 0.2) is 0 Å². The molecule has 96 valence electrons. The van der Waals surface area contributed by atoms with Gasteiger partial charge >= 0.3 is 0 Å². The molecule has 4 nitrogen and oxygen atoms in total. The van der Waals surface area contributed by atoms with E-state index in [0.29, 0.717) is 18.5 Å². The van der Waals surface area contributed by atoms with E-state index in [1.165, 1.54) is 0 Å². The fourth-order valence-electron chi connectivity index (χ4n) is 1.46. The lowest BCUT2D eigenvalue weighted by molar-refractivity contribution is -0.120. The molecule has 0 fully saturated rings. The summed E-state index contributed by atoms with van der Waals surface area (Å²) >= 11 is 0. The molecule has 4 heteroatoms. The number of amides is 1. The number of carbonyl (C=O) groups is 1. The van der Waals surface area contributed by atoms with Gasteiger partial charge in [-0.05, 0) is 26.4 Å². The second-order valence-corrected chi connectivity index (χ2v) is 4.84. The Hall–Kier alpha value is -0.610. The Morgan fingerprint density at radius 1 is 1.31 bits per heavy atom. The van der Waals surface area contributed by atoms with Gasteiger partial charge in [-0.1, -0.05) is 20.8 Å². The van der Waals surface area contributed by atoms with Gasteiger partial charge in [0.05, 0.1) is 6.54 Å². The SMILES string of the molecule is CCCNC(=O)CNC(CN(C)C)C(C)C. The highest BCUT2D eigenvalue weighted by Gasteiger charge is 2.14. The number of nitrogens with one attached hydrogen (secondary N) is 2. The van der Waals surface area contributed by atoms with E-state index in [9.17, 15) is 4.79 Å².